The smallest absolute Gasteiger partial charge is 0.339 e. The molecular formula is C19H11BrF3NO4S. The first-order valence-corrected chi connectivity index (χ1v) is 9.55. The minimum atomic E-state index is -1.66. The Hall–Kier alpha value is -2.85. The standard InChI is InChI=1S/C19H11BrF3NO4S/c1-28-16-11(21)6-10(14(22)15(16)23)18(25)24-12-7-29-17(13(12)19(26)27)8-2-4-9(20)5-3-8/h2-7H,1H3,(H,24,25)(H,26,27). The summed E-state index contributed by atoms with van der Waals surface area (Å²) in [5.74, 6) is -8.02. The predicted molar refractivity (Wildman–Crippen MR) is 105 cm³/mol. The lowest BCUT2D eigenvalue weighted by Gasteiger charge is -2.10. The molecule has 0 aliphatic heterocycles. The molecule has 0 fully saturated rings. The summed E-state index contributed by atoms with van der Waals surface area (Å²) in [7, 11) is 0.953. The molecule has 1 heterocycles. The molecular weight excluding hydrogens is 475 g/mol. The zero-order valence-electron chi connectivity index (χ0n) is 14.6. The Morgan fingerprint density at radius 3 is 2.38 bits per heavy atom. The molecule has 10 heteroatoms. The van der Waals surface area contributed by atoms with Crippen LogP contribution in [0, 0.1) is 17.5 Å². The molecule has 0 saturated carbocycles. The fraction of sp³-hybridized carbons (Fsp3) is 0.0526. The lowest BCUT2D eigenvalue weighted by atomic mass is 10.1. The van der Waals surface area contributed by atoms with Gasteiger partial charge in [0.1, 0.15) is 5.56 Å². The van der Waals surface area contributed by atoms with Crippen LogP contribution in [0.5, 0.6) is 5.75 Å². The number of carbonyl (C=O) groups is 2. The first-order valence-electron chi connectivity index (χ1n) is 7.88. The number of carbonyl (C=O) groups excluding carboxylic acids is 1. The fourth-order valence-corrected chi connectivity index (χ4v) is 3.86. The van der Waals surface area contributed by atoms with E-state index in [4.69, 9.17) is 0 Å². The van der Waals surface area contributed by atoms with Gasteiger partial charge >= 0.3 is 5.97 Å². The molecule has 0 atom stereocenters. The van der Waals surface area contributed by atoms with Crippen molar-refractivity contribution in [3.05, 3.63) is 68.8 Å². The third-order valence-electron chi connectivity index (χ3n) is 3.92. The second-order valence-corrected chi connectivity index (χ2v) is 7.48. The number of hydrogen-bond donors (Lipinski definition) is 2. The summed E-state index contributed by atoms with van der Waals surface area (Å²) in [5, 5.41) is 13.1. The van der Waals surface area contributed by atoms with Crippen LogP contribution in [0.3, 0.4) is 0 Å². The van der Waals surface area contributed by atoms with Crippen molar-refractivity contribution >= 4 is 44.8 Å². The van der Waals surface area contributed by atoms with Gasteiger partial charge in [0.05, 0.1) is 23.2 Å². The molecule has 3 rings (SSSR count). The molecule has 2 N–H and O–H groups in total. The lowest BCUT2D eigenvalue weighted by Crippen LogP contribution is -2.17. The van der Waals surface area contributed by atoms with E-state index < -0.39 is 40.6 Å². The molecule has 1 aromatic heterocycles. The minimum absolute atomic E-state index is 0.124. The third-order valence-corrected chi connectivity index (χ3v) is 5.48. The van der Waals surface area contributed by atoms with Gasteiger partial charge in [-0.25, -0.2) is 13.6 Å². The monoisotopic (exact) mass is 485 g/mol. The Labute approximate surface area is 174 Å². The highest BCUT2D eigenvalue weighted by molar-refractivity contribution is 9.10. The van der Waals surface area contributed by atoms with Gasteiger partial charge in [-0.05, 0) is 23.8 Å². The number of carboxylic acid groups (broad SMARTS) is 1. The summed E-state index contributed by atoms with van der Waals surface area (Å²) in [4.78, 5) is 24.5. The van der Waals surface area contributed by atoms with Crippen LogP contribution >= 0.6 is 27.3 Å². The maximum Gasteiger partial charge on any atom is 0.339 e. The molecule has 0 unspecified atom stereocenters. The molecule has 0 spiro atoms. The predicted octanol–water partition coefficient (Wildman–Crippen LogP) is 5.55. The van der Waals surface area contributed by atoms with Crippen LogP contribution in [-0.4, -0.2) is 24.1 Å². The van der Waals surface area contributed by atoms with E-state index in [1.54, 1.807) is 24.3 Å². The molecule has 0 aliphatic rings. The molecule has 0 aliphatic carbocycles. The van der Waals surface area contributed by atoms with Crippen molar-refractivity contribution in [3.63, 3.8) is 0 Å². The number of methoxy groups -OCH3 is 1. The van der Waals surface area contributed by atoms with Crippen molar-refractivity contribution in [2.45, 2.75) is 0 Å². The van der Waals surface area contributed by atoms with Gasteiger partial charge in [-0.3, -0.25) is 4.79 Å². The van der Waals surface area contributed by atoms with Crippen molar-refractivity contribution in [2.75, 3.05) is 12.4 Å². The summed E-state index contributed by atoms with van der Waals surface area (Å²) in [6.07, 6.45) is 0. The van der Waals surface area contributed by atoms with Crippen LogP contribution in [0.15, 0.2) is 40.2 Å². The van der Waals surface area contributed by atoms with Gasteiger partial charge in [-0.1, -0.05) is 28.1 Å². The summed E-state index contributed by atoms with van der Waals surface area (Å²) in [6, 6.07) is 7.28. The topological polar surface area (TPSA) is 75.6 Å². The first kappa shape index (κ1) is 20.9. The fourth-order valence-electron chi connectivity index (χ4n) is 2.60. The SMILES string of the molecule is COc1c(F)cc(C(=O)Nc2csc(-c3ccc(Br)cc3)c2C(=O)O)c(F)c1F. The van der Waals surface area contributed by atoms with Crippen molar-refractivity contribution in [2.24, 2.45) is 0 Å². The summed E-state index contributed by atoms with van der Waals surface area (Å²) >= 11 is 4.33. The second kappa shape index (κ2) is 8.26. The van der Waals surface area contributed by atoms with Crippen LogP contribution in [0.2, 0.25) is 0 Å². The van der Waals surface area contributed by atoms with Gasteiger partial charge in [0.25, 0.3) is 5.91 Å². The molecule has 5 nitrogen and oxygen atoms in total. The van der Waals surface area contributed by atoms with Crippen molar-refractivity contribution in [1.82, 2.24) is 0 Å². The van der Waals surface area contributed by atoms with Gasteiger partial charge < -0.3 is 15.2 Å². The van der Waals surface area contributed by atoms with Gasteiger partial charge in [0.15, 0.2) is 17.4 Å². The molecule has 150 valence electrons. The summed E-state index contributed by atoms with van der Waals surface area (Å²) < 4.78 is 47.1. The van der Waals surface area contributed by atoms with Gasteiger partial charge in [-0.2, -0.15) is 4.39 Å². The highest BCUT2D eigenvalue weighted by Crippen LogP contribution is 2.37. The molecule has 3 aromatic rings. The summed E-state index contributed by atoms with van der Waals surface area (Å²) in [6.45, 7) is 0. The first-order chi connectivity index (χ1) is 13.7. The Bertz CT molecular complexity index is 1120. The van der Waals surface area contributed by atoms with E-state index in [0.717, 1.165) is 22.9 Å². The van der Waals surface area contributed by atoms with Crippen molar-refractivity contribution in [1.29, 1.82) is 0 Å². The van der Waals surface area contributed by atoms with Gasteiger partial charge in [-0.15, -0.1) is 11.3 Å². The highest BCUT2D eigenvalue weighted by Gasteiger charge is 2.26. The van der Waals surface area contributed by atoms with Crippen molar-refractivity contribution in [3.8, 4) is 16.2 Å². The Kier molecular flexibility index (Phi) is 5.94. The van der Waals surface area contributed by atoms with Crippen LogP contribution < -0.4 is 10.1 Å². The Morgan fingerprint density at radius 1 is 1.14 bits per heavy atom. The van der Waals surface area contributed by atoms with Crippen LogP contribution in [0.4, 0.5) is 18.9 Å². The number of amides is 1. The maximum atomic E-state index is 14.1. The maximum absolute atomic E-state index is 14.1. The van der Waals surface area contributed by atoms with E-state index in [-0.39, 0.29) is 11.3 Å². The average Bonchev–Trinajstić information content (AvgIpc) is 3.09. The zero-order valence-corrected chi connectivity index (χ0v) is 17.0. The number of carboxylic acids is 1. The molecule has 0 bridgehead atoms. The molecule has 0 saturated heterocycles. The molecule has 0 radical (unpaired) electrons. The highest BCUT2D eigenvalue weighted by atomic mass is 79.9. The van der Waals surface area contributed by atoms with Crippen LogP contribution in [0.25, 0.3) is 10.4 Å². The molecule has 29 heavy (non-hydrogen) atoms. The minimum Gasteiger partial charge on any atom is -0.491 e. The zero-order chi connectivity index (χ0) is 21.3. The third kappa shape index (κ3) is 3.99. The summed E-state index contributed by atoms with van der Waals surface area (Å²) in [5.41, 5.74) is -0.681. The average molecular weight is 486 g/mol. The molecule has 2 aromatic carbocycles. The van der Waals surface area contributed by atoms with Crippen LogP contribution in [-0.2, 0) is 0 Å². The number of rotatable bonds is 5. The number of nitrogens with one attached hydrogen (secondary N) is 1. The van der Waals surface area contributed by atoms with E-state index in [1.165, 1.54) is 5.38 Å². The molecule has 1 amide bonds. The van der Waals surface area contributed by atoms with Crippen LogP contribution in [0.1, 0.15) is 20.7 Å². The normalized spacial score (nSPS) is 10.7. The van der Waals surface area contributed by atoms with Crippen molar-refractivity contribution < 1.29 is 32.6 Å². The second-order valence-electron chi connectivity index (χ2n) is 5.69. The number of ether oxygens (including phenoxy) is 1. The number of hydrogen-bond acceptors (Lipinski definition) is 4. The number of aromatic carboxylic acids is 1. The number of anilines is 1. The van der Waals surface area contributed by atoms with E-state index >= 15 is 0 Å². The Morgan fingerprint density at radius 2 is 1.79 bits per heavy atom. The van der Waals surface area contributed by atoms with Gasteiger partial charge in [0.2, 0.25) is 5.82 Å². The van der Waals surface area contributed by atoms with Gasteiger partial charge in [0, 0.05) is 9.85 Å². The van der Waals surface area contributed by atoms with E-state index in [9.17, 15) is 27.9 Å². The lowest BCUT2D eigenvalue weighted by molar-refractivity contribution is 0.0699. The quantitative estimate of drug-likeness (QED) is 0.464. The number of thiophene rings is 1. The Balaban J connectivity index is 2.00. The van der Waals surface area contributed by atoms with E-state index in [0.29, 0.717) is 16.5 Å². The number of benzene rings is 2. The van der Waals surface area contributed by atoms with E-state index in [2.05, 4.69) is 26.0 Å². The van der Waals surface area contributed by atoms with E-state index in [1.807, 2.05) is 0 Å². The number of halogens is 4. The largest absolute Gasteiger partial charge is 0.491 e.